The first-order chi connectivity index (χ1) is 32.7. The van der Waals surface area contributed by atoms with Crippen molar-refractivity contribution >= 4 is 59.1 Å². The number of amides is 9. The first kappa shape index (κ1) is 64.5. The number of aliphatic hydroxyl groups excluding tert-OH is 2. The summed E-state index contributed by atoms with van der Waals surface area (Å²) < 4.78 is 0. The van der Waals surface area contributed by atoms with Crippen LogP contribution in [0.5, 0.6) is 0 Å². The van der Waals surface area contributed by atoms with Crippen molar-refractivity contribution in [2.75, 3.05) is 19.7 Å². The van der Waals surface area contributed by atoms with Crippen molar-refractivity contribution < 1.29 is 63.3 Å². The van der Waals surface area contributed by atoms with Gasteiger partial charge in [-0.15, -0.1) is 0 Å². The SMILES string of the molecule is CC[C@H](C)[C@H](NC(=O)[C@H](CC(C)C)NC(=O)[C@@H](NC(=O)[C@H](CO)NC(=O)[C@H](CCCCN)NC(=O)[C@H](CC(C)C)NC(=O)[C@@H](N)CCCCN)[C@@H](C)O)C(=O)N[C@@H](CCC(N)=O)C(=O)N[C@@H](C)C(=O)O. The average Bonchev–Trinajstić information content (AvgIpc) is 3.28. The van der Waals surface area contributed by atoms with E-state index in [2.05, 4.69) is 42.5 Å². The molecule has 9 amide bonds. The van der Waals surface area contributed by atoms with Gasteiger partial charge in [0, 0.05) is 6.42 Å². The molecule has 0 aliphatic carbocycles. The van der Waals surface area contributed by atoms with Crippen LogP contribution in [0.2, 0.25) is 0 Å². The zero-order valence-electron chi connectivity index (χ0n) is 42.1. The molecule has 0 heterocycles. The Morgan fingerprint density at radius 3 is 1.37 bits per heavy atom. The number of hydrogen-bond acceptors (Lipinski definition) is 15. The van der Waals surface area contributed by atoms with Gasteiger partial charge in [0.2, 0.25) is 53.2 Å². The van der Waals surface area contributed by atoms with E-state index in [0.29, 0.717) is 45.1 Å². The zero-order valence-corrected chi connectivity index (χ0v) is 42.1. The van der Waals surface area contributed by atoms with Crippen molar-refractivity contribution in [2.24, 2.45) is 40.7 Å². The van der Waals surface area contributed by atoms with Crippen molar-refractivity contribution in [3.8, 4) is 0 Å². The van der Waals surface area contributed by atoms with Gasteiger partial charge in [0.1, 0.15) is 48.3 Å². The second-order valence-corrected chi connectivity index (χ2v) is 18.6. The number of aliphatic hydroxyl groups is 2. The lowest BCUT2D eigenvalue weighted by molar-refractivity contribution is -0.142. The molecule has 0 radical (unpaired) electrons. The number of carboxylic acids is 1. The fraction of sp³-hybridized carbons (Fsp3) is 0.778. The highest BCUT2D eigenvalue weighted by atomic mass is 16.4. The molecule has 0 spiro atoms. The quantitative estimate of drug-likeness (QED) is 0.0269. The number of nitrogens with two attached hydrogens (primary N) is 4. The van der Waals surface area contributed by atoms with E-state index >= 15 is 0 Å². The Bertz CT molecular complexity index is 1720. The largest absolute Gasteiger partial charge is 0.480 e. The van der Waals surface area contributed by atoms with Gasteiger partial charge in [-0.25, -0.2) is 0 Å². The Kier molecular flexibility index (Phi) is 31.3. The van der Waals surface area contributed by atoms with E-state index in [1.165, 1.54) is 13.8 Å². The van der Waals surface area contributed by atoms with Crippen LogP contribution in [0, 0.1) is 17.8 Å². The van der Waals surface area contributed by atoms with E-state index in [1.807, 2.05) is 13.8 Å². The fourth-order valence-electron chi connectivity index (χ4n) is 6.89. The molecule has 0 fully saturated rings. The molecule has 0 aromatic heterocycles. The molecule has 0 rings (SSSR count). The molecule has 70 heavy (non-hydrogen) atoms. The molecular weight excluding hydrogens is 917 g/mol. The van der Waals surface area contributed by atoms with E-state index in [0.717, 1.165) is 0 Å². The van der Waals surface area contributed by atoms with Crippen LogP contribution in [0.25, 0.3) is 0 Å². The van der Waals surface area contributed by atoms with Crippen molar-refractivity contribution in [1.29, 1.82) is 0 Å². The van der Waals surface area contributed by atoms with Crippen LogP contribution in [-0.2, 0) is 47.9 Å². The summed E-state index contributed by atoms with van der Waals surface area (Å²) in [5, 5.41) is 50.1. The molecule has 0 saturated carbocycles. The molecule has 402 valence electrons. The number of hydrogen-bond donors (Lipinski definition) is 15. The lowest BCUT2D eigenvalue weighted by Crippen LogP contribution is -2.63. The van der Waals surface area contributed by atoms with Crippen LogP contribution < -0.4 is 65.5 Å². The van der Waals surface area contributed by atoms with Gasteiger partial charge in [-0.1, -0.05) is 54.4 Å². The third kappa shape index (κ3) is 24.9. The summed E-state index contributed by atoms with van der Waals surface area (Å²) in [6.45, 7) is 12.6. The van der Waals surface area contributed by atoms with Gasteiger partial charge < -0.3 is 80.8 Å². The highest BCUT2D eigenvalue weighted by Gasteiger charge is 2.37. The molecule has 0 saturated heterocycles. The standard InChI is InChI=1S/C45H84N12O13/c1-9-25(6)35(43(67)52-30(16-17-34(49)60)38(62)50-26(7)45(69)70)56-41(65)32(21-24(4)5)54-44(68)36(27(8)59)57-42(66)33(22-58)55-39(63)29(15-11-13-19-47)51-40(64)31(20-23(2)3)53-37(61)28(48)14-10-12-18-46/h23-33,35-36,58-59H,9-22,46-48H2,1-8H3,(H2,49,60)(H,50,62)(H,51,64)(H,52,67)(H,53,61)(H,54,68)(H,55,63)(H,56,65)(H,57,66)(H,69,70)/t25-,26-,27+,28-,29-,30-,31-,32-,33-,35-,36-/m0/s1. The van der Waals surface area contributed by atoms with Crippen LogP contribution in [0.15, 0.2) is 0 Å². The van der Waals surface area contributed by atoms with E-state index in [4.69, 9.17) is 22.9 Å². The maximum absolute atomic E-state index is 13.9. The van der Waals surface area contributed by atoms with Gasteiger partial charge in [-0.3, -0.25) is 47.9 Å². The number of unbranched alkanes of at least 4 members (excludes halogenated alkanes) is 2. The summed E-state index contributed by atoms with van der Waals surface area (Å²) in [4.78, 5) is 131. The zero-order chi connectivity index (χ0) is 53.8. The smallest absolute Gasteiger partial charge is 0.325 e. The number of nitrogens with one attached hydrogen (secondary N) is 8. The number of rotatable bonds is 36. The van der Waals surface area contributed by atoms with E-state index < -0.39 is 132 Å². The monoisotopic (exact) mass is 1000 g/mol. The minimum atomic E-state index is -1.77. The molecule has 11 atom stereocenters. The van der Waals surface area contributed by atoms with Gasteiger partial charge >= 0.3 is 5.97 Å². The van der Waals surface area contributed by atoms with Crippen LogP contribution in [0.3, 0.4) is 0 Å². The number of carbonyl (C=O) groups is 10. The lowest BCUT2D eigenvalue weighted by atomic mass is 9.96. The minimum Gasteiger partial charge on any atom is -0.480 e. The Hall–Kier alpha value is -5.50. The Balaban J connectivity index is 6.40. The molecule has 19 N–H and O–H groups in total. The molecule has 0 aromatic carbocycles. The second kappa shape index (κ2) is 33.9. The van der Waals surface area contributed by atoms with Crippen LogP contribution >= 0.6 is 0 Å². The normalized spacial score (nSPS) is 16.0. The van der Waals surface area contributed by atoms with Crippen LogP contribution in [-0.4, -0.2) is 155 Å². The third-order valence-electron chi connectivity index (χ3n) is 11.3. The van der Waals surface area contributed by atoms with Crippen molar-refractivity contribution in [2.45, 2.75) is 186 Å². The van der Waals surface area contributed by atoms with Crippen molar-refractivity contribution in [3.63, 3.8) is 0 Å². The average molecular weight is 1000 g/mol. The lowest BCUT2D eigenvalue weighted by Gasteiger charge is -2.30. The summed E-state index contributed by atoms with van der Waals surface area (Å²) in [6, 6.07) is -12.2. The third-order valence-corrected chi connectivity index (χ3v) is 11.3. The molecule has 0 aliphatic heterocycles. The first-order valence-corrected chi connectivity index (χ1v) is 24.1. The summed E-state index contributed by atoms with van der Waals surface area (Å²) in [5.41, 5.74) is 22.5. The summed E-state index contributed by atoms with van der Waals surface area (Å²) in [5.74, 6) is -10.0. The number of carboxylic acid groups (broad SMARTS) is 1. The van der Waals surface area contributed by atoms with Crippen molar-refractivity contribution in [1.82, 2.24) is 42.5 Å². The number of carbonyl (C=O) groups excluding carboxylic acids is 9. The fourth-order valence-corrected chi connectivity index (χ4v) is 6.89. The predicted molar refractivity (Wildman–Crippen MR) is 258 cm³/mol. The molecule has 0 aliphatic rings. The summed E-state index contributed by atoms with van der Waals surface area (Å²) in [6.07, 6.45) is 0.720. The van der Waals surface area contributed by atoms with Crippen LogP contribution in [0.4, 0.5) is 0 Å². The van der Waals surface area contributed by atoms with Gasteiger partial charge in [0.05, 0.1) is 18.8 Å². The minimum absolute atomic E-state index is 0.0144. The number of primary amides is 1. The van der Waals surface area contributed by atoms with Gasteiger partial charge in [-0.2, -0.15) is 0 Å². The molecule has 25 nitrogen and oxygen atoms in total. The predicted octanol–water partition coefficient (Wildman–Crippen LogP) is -3.67. The van der Waals surface area contributed by atoms with E-state index in [9.17, 15) is 63.3 Å². The molecule has 0 aromatic rings. The molecule has 25 heteroatoms. The number of aliphatic carboxylic acids is 1. The highest BCUT2D eigenvalue weighted by Crippen LogP contribution is 2.14. The summed E-state index contributed by atoms with van der Waals surface area (Å²) in [7, 11) is 0. The Morgan fingerprint density at radius 2 is 0.900 bits per heavy atom. The van der Waals surface area contributed by atoms with Gasteiger partial charge in [0.15, 0.2) is 0 Å². The van der Waals surface area contributed by atoms with Crippen molar-refractivity contribution in [3.05, 3.63) is 0 Å². The Morgan fingerprint density at radius 1 is 0.500 bits per heavy atom. The molecule has 0 unspecified atom stereocenters. The second-order valence-electron chi connectivity index (χ2n) is 18.6. The highest BCUT2D eigenvalue weighted by molar-refractivity contribution is 5.98. The topological polar surface area (TPSA) is 432 Å². The first-order valence-electron chi connectivity index (χ1n) is 24.1. The summed E-state index contributed by atoms with van der Waals surface area (Å²) >= 11 is 0. The Labute approximate surface area is 411 Å². The maximum Gasteiger partial charge on any atom is 0.325 e. The van der Waals surface area contributed by atoms with E-state index in [1.54, 1.807) is 27.7 Å². The van der Waals surface area contributed by atoms with Gasteiger partial charge in [0.25, 0.3) is 0 Å². The van der Waals surface area contributed by atoms with Gasteiger partial charge in [-0.05, 0) is 96.1 Å². The van der Waals surface area contributed by atoms with Crippen LogP contribution in [0.1, 0.15) is 126 Å². The molecular formula is C45H84N12O13. The molecule has 0 bridgehead atoms. The van der Waals surface area contributed by atoms with E-state index in [-0.39, 0.29) is 50.5 Å². The maximum atomic E-state index is 13.9.